The van der Waals surface area contributed by atoms with Crippen molar-refractivity contribution in [3.05, 3.63) is 42.5 Å². The molecule has 0 heterocycles. The van der Waals surface area contributed by atoms with Crippen molar-refractivity contribution in [3.8, 4) is 5.75 Å². The zero-order valence-corrected chi connectivity index (χ0v) is 11.5. The number of esters is 1. The molecule has 0 saturated heterocycles. The topological polar surface area (TPSA) is 58.6 Å². The highest BCUT2D eigenvalue weighted by Crippen LogP contribution is 2.28. The summed E-state index contributed by atoms with van der Waals surface area (Å²) >= 11 is 0. The van der Waals surface area contributed by atoms with Gasteiger partial charge < -0.3 is 9.84 Å². The van der Waals surface area contributed by atoms with E-state index in [0.29, 0.717) is 19.6 Å². The molecule has 1 aromatic rings. The summed E-state index contributed by atoms with van der Waals surface area (Å²) in [4.78, 5) is 12.3. The number of carbonyl (C=O) groups is 1. The first-order valence-electron chi connectivity index (χ1n) is 6.43. The second-order valence-corrected chi connectivity index (χ2v) is 4.20. The smallest absolute Gasteiger partial charge is 0.330 e. The molecule has 0 aliphatic rings. The lowest BCUT2D eigenvalue weighted by molar-refractivity contribution is -0.152. The summed E-state index contributed by atoms with van der Waals surface area (Å²) in [6, 6.07) is 6.58. The maximum absolute atomic E-state index is 12.3. The molecule has 4 nitrogen and oxygen atoms in total. The molecular weight excluding hydrogens is 242 g/mol. The van der Waals surface area contributed by atoms with Crippen molar-refractivity contribution in [1.82, 2.24) is 5.32 Å². The van der Waals surface area contributed by atoms with Crippen molar-refractivity contribution < 1.29 is 14.6 Å². The van der Waals surface area contributed by atoms with E-state index in [-0.39, 0.29) is 11.7 Å². The van der Waals surface area contributed by atoms with Gasteiger partial charge in [0.15, 0.2) is 0 Å². The number of hydrogen-bond acceptors (Lipinski definition) is 4. The van der Waals surface area contributed by atoms with Gasteiger partial charge in [0.25, 0.3) is 0 Å². The number of carbonyl (C=O) groups excluding carboxylic acids is 1. The van der Waals surface area contributed by atoms with Gasteiger partial charge in [0.2, 0.25) is 0 Å². The van der Waals surface area contributed by atoms with Gasteiger partial charge in [0, 0.05) is 6.54 Å². The summed E-state index contributed by atoms with van der Waals surface area (Å²) < 4.78 is 5.18. The number of benzene rings is 1. The van der Waals surface area contributed by atoms with E-state index in [0.717, 1.165) is 5.56 Å². The quantitative estimate of drug-likeness (QED) is 0.585. The van der Waals surface area contributed by atoms with Crippen molar-refractivity contribution in [1.29, 1.82) is 0 Å². The van der Waals surface area contributed by atoms with Crippen LogP contribution in [0, 0.1) is 0 Å². The molecule has 0 fully saturated rings. The second-order valence-electron chi connectivity index (χ2n) is 4.20. The molecule has 1 rings (SSSR count). The lowest BCUT2D eigenvalue weighted by Gasteiger charge is -2.31. The highest BCUT2D eigenvalue weighted by molar-refractivity contribution is 5.82. The van der Waals surface area contributed by atoms with Crippen LogP contribution in [0.3, 0.4) is 0 Å². The van der Waals surface area contributed by atoms with E-state index < -0.39 is 5.54 Å². The van der Waals surface area contributed by atoms with Crippen LogP contribution >= 0.6 is 0 Å². The zero-order chi connectivity index (χ0) is 14.3. The van der Waals surface area contributed by atoms with Gasteiger partial charge in [-0.15, -0.1) is 6.58 Å². The number of rotatable bonds is 7. The molecule has 0 aliphatic heterocycles. The Balaban J connectivity index is 3.18. The van der Waals surface area contributed by atoms with E-state index in [1.807, 2.05) is 6.92 Å². The van der Waals surface area contributed by atoms with E-state index in [1.54, 1.807) is 37.3 Å². The fraction of sp³-hybridized carbons (Fsp3) is 0.400. The molecule has 0 aliphatic carbocycles. The third-order valence-electron chi connectivity index (χ3n) is 3.06. The summed E-state index contributed by atoms with van der Waals surface area (Å²) in [5.74, 6) is -0.147. The van der Waals surface area contributed by atoms with Gasteiger partial charge in [-0.05, 0) is 31.0 Å². The van der Waals surface area contributed by atoms with Crippen LogP contribution in [0.2, 0.25) is 0 Å². The first-order valence-corrected chi connectivity index (χ1v) is 6.43. The number of ether oxygens (including phenoxy) is 1. The maximum atomic E-state index is 12.3. The molecule has 0 bridgehead atoms. The first kappa shape index (κ1) is 15.2. The van der Waals surface area contributed by atoms with Gasteiger partial charge in [0.05, 0.1) is 6.61 Å². The van der Waals surface area contributed by atoms with Crippen molar-refractivity contribution in [2.75, 3.05) is 13.2 Å². The predicted molar refractivity (Wildman–Crippen MR) is 74.9 cm³/mol. The number of phenolic OH excluding ortho intramolecular Hbond substituents is 1. The first-order chi connectivity index (χ1) is 9.10. The third kappa shape index (κ3) is 3.35. The van der Waals surface area contributed by atoms with Crippen LogP contribution in [-0.4, -0.2) is 24.2 Å². The van der Waals surface area contributed by atoms with E-state index in [1.165, 1.54) is 0 Å². The van der Waals surface area contributed by atoms with Gasteiger partial charge in [0.1, 0.15) is 11.3 Å². The van der Waals surface area contributed by atoms with Crippen LogP contribution in [0.5, 0.6) is 5.75 Å². The van der Waals surface area contributed by atoms with Crippen LogP contribution in [0.15, 0.2) is 36.9 Å². The lowest BCUT2D eigenvalue weighted by atomic mass is 9.87. The van der Waals surface area contributed by atoms with Gasteiger partial charge in [-0.2, -0.15) is 0 Å². The predicted octanol–water partition coefficient (Wildman–Crippen LogP) is 2.34. The van der Waals surface area contributed by atoms with E-state index in [2.05, 4.69) is 11.9 Å². The zero-order valence-electron chi connectivity index (χ0n) is 11.5. The molecule has 0 radical (unpaired) electrons. The third-order valence-corrected chi connectivity index (χ3v) is 3.06. The minimum absolute atomic E-state index is 0.168. The average molecular weight is 263 g/mol. The molecule has 19 heavy (non-hydrogen) atoms. The van der Waals surface area contributed by atoms with Gasteiger partial charge in [-0.1, -0.05) is 25.1 Å². The number of aromatic hydroxyl groups is 1. The number of hydrogen-bond donors (Lipinski definition) is 2. The Morgan fingerprint density at radius 3 is 2.53 bits per heavy atom. The van der Waals surface area contributed by atoms with Crippen LogP contribution < -0.4 is 5.32 Å². The van der Waals surface area contributed by atoms with E-state index in [9.17, 15) is 9.90 Å². The van der Waals surface area contributed by atoms with Crippen LogP contribution in [-0.2, 0) is 15.1 Å². The Morgan fingerprint density at radius 2 is 2.05 bits per heavy atom. The Bertz CT molecular complexity index is 428. The Morgan fingerprint density at radius 1 is 1.42 bits per heavy atom. The second kappa shape index (κ2) is 6.95. The summed E-state index contributed by atoms with van der Waals surface area (Å²) in [5, 5.41) is 12.5. The molecule has 1 aromatic carbocycles. The minimum Gasteiger partial charge on any atom is -0.508 e. The summed E-state index contributed by atoms with van der Waals surface area (Å²) in [6.07, 6.45) is 2.24. The normalized spacial score (nSPS) is 13.6. The highest BCUT2D eigenvalue weighted by Gasteiger charge is 2.39. The van der Waals surface area contributed by atoms with Gasteiger partial charge >= 0.3 is 5.97 Å². The number of nitrogens with one attached hydrogen (secondary N) is 1. The minimum atomic E-state index is -0.905. The molecule has 1 atom stereocenters. The monoisotopic (exact) mass is 263 g/mol. The molecule has 0 aromatic heterocycles. The standard InChI is InChI=1S/C15H21NO3/c1-4-11-16-15(5-2,14(18)19-6-3)12-7-9-13(17)10-8-12/h4,7-10,16-17H,1,5-6,11H2,2-3H3. The van der Waals surface area contributed by atoms with Crippen molar-refractivity contribution in [2.24, 2.45) is 0 Å². The van der Waals surface area contributed by atoms with Gasteiger partial charge in [-0.3, -0.25) is 5.32 Å². The molecule has 4 heteroatoms. The highest BCUT2D eigenvalue weighted by atomic mass is 16.5. The average Bonchev–Trinajstić information content (AvgIpc) is 2.42. The number of phenols is 1. The van der Waals surface area contributed by atoms with Crippen molar-refractivity contribution >= 4 is 5.97 Å². The SMILES string of the molecule is C=CCNC(CC)(C(=O)OCC)c1ccc(O)cc1. The van der Waals surface area contributed by atoms with Crippen LogP contribution in [0.4, 0.5) is 0 Å². The Kier molecular flexibility index (Phi) is 5.57. The fourth-order valence-corrected chi connectivity index (χ4v) is 2.01. The Hall–Kier alpha value is -1.81. The van der Waals surface area contributed by atoms with Crippen LogP contribution in [0.1, 0.15) is 25.8 Å². The molecule has 0 amide bonds. The largest absolute Gasteiger partial charge is 0.508 e. The summed E-state index contributed by atoms with van der Waals surface area (Å²) in [7, 11) is 0. The fourth-order valence-electron chi connectivity index (χ4n) is 2.01. The molecule has 2 N–H and O–H groups in total. The lowest BCUT2D eigenvalue weighted by Crippen LogP contribution is -2.49. The summed E-state index contributed by atoms with van der Waals surface area (Å²) in [6.45, 7) is 8.17. The van der Waals surface area contributed by atoms with E-state index in [4.69, 9.17) is 4.74 Å². The molecule has 0 saturated carbocycles. The summed E-state index contributed by atoms with van der Waals surface area (Å²) in [5.41, 5.74) is -0.133. The Labute approximate surface area is 114 Å². The molecular formula is C15H21NO3. The van der Waals surface area contributed by atoms with Gasteiger partial charge in [-0.25, -0.2) is 4.79 Å². The maximum Gasteiger partial charge on any atom is 0.330 e. The van der Waals surface area contributed by atoms with Crippen molar-refractivity contribution in [3.63, 3.8) is 0 Å². The molecule has 0 spiro atoms. The van der Waals surface area contributed by atoms with E-state index >= 15 is 0 Å². The van der Waals surface area contributed by atoms with Crippen molar-refractivity contribution in [2.45, 2.75) is 25.8 Å². The molecule has 104 valence electrons. The van der Waals surface area contributed by atoms with Crippen LogP contribution in [0.25, 0.3) is 0 Å². The molecule has 1 unspecified atom stereocenters.